The van der Waals surface area contributed by atoms with E-state index in [2.05, 4.69) is 10.6 Å². The molecule has 3 N–H and O–H groups in total. The lowest BCUT2D eigenvalue weighted by atomic mass is 9.98. The Labute approximate surface area is 182 Å². The second kappa shape index (κ2) is 8.89. The van der Waals surface area contributed by atoms with Crippen LogP contribution in [0.25, 0.3) is 11.1 Å². The summed E-state index contributed by atoms with van der Waals surface area (Å²) in [7, 11) is 0. The molecule has 0 aliphatic heterocycles. The van der Waals surface area contributed by atoms with Crippen LogP contribution in [-0.4, -0.2) is 36.2 Å². The van der Waals surface area contributed by atoms with Crippen molar-refractivity contribution < 1.29 is 28.6 Å². The van der Waals surface area contributed by atoms with Crippen LogP contribution in [0.4, 0.5) is 14.9 Å². The van der Waals surface area contributed by atoms with E-state index in [9.17, 15) is 18.8 Å². The number of anilines is 1. The number of fused-ring (bicyclic) bond motifs is 3. The number of hydrogen-bond donors (Lipinski definition) is 3. The predicted octanol–water partition coefficient (Wildman–Crippen LogP) is 4.00. The molecule has 8 heteroatoms. The van der Waals surface area contributed by atoms with Gasteiger partial charge in [0.1, 0.15) is 19.0 Å². The molecule has 2 amide bonds. The Morgan fingerprint density at radius 1 is 0.938 bits per heavy atom. The lowest BCUT2D eigenvalue weighted by molar-refractivity contribution is -0.115. The SMILES string of the molecule is O=C(CNC(=O)OCC1c2ccccc2-c2ccccc21)Nc1cc(C(=O)O)ccc1F. The second-order valence-corrected chi connectivity index (χ2v) is 7.23. The summed E-state index contributed by atoms with van der Waals surface area (Å²) in [6, 6.07) is 18.8. The van der Waals surface area contributed by atoms with Crippen LogP contribution in [0.3, 0.4) is 0 Å². The van der Waals surface area contributed by atoms with Crippen LogP contribution in [-0.2, 0) is 9.53 Å². The molecule has 0 heterocycles. The molecule has 0 unspecified atom stereocenters. The molecule has 4 rings (SSSR count). The third-order valence-electron chi connectivity index (χ3n) is 5.22. The maximum Gasteiger partial charge on any atom is 0.407 e. The topological polar surface area (TPSA) is 105 Å². The van der Waals surface area contributed by atoms with E-state index in [1.807, 2.05) is 48.5 Å². The van der Waals surface area contributed by atoms with Crippen molar-refractivity contribution >= 4 is 23.7 Å². The largest absolute Gasteiger partial charge is 0.478 e. The van der Waals surface area contributed by atoms with E-state index in [4.69, 9.17) is 9.84 Å². The summed E-state index contributed by atoms with van der Waals surface area (Å²) >= 11 is 0. The lowest BCUT2D eigenvalue weighted by Gasteiger charge is -2.14. The van der Waals surface area contributed by atoms with Gasteiger partial charge in [0.05, 0.1) is 11.3 Å². The summed E-state index contributed by atoms with van der Waals surface area (Å²) < 4.78 is 19.1. The number of carboxylic acid groups (broad SMARTS) is 1. The van der Waals surface area contributed by atoms with E-state index >= 15 is 0 Å². The molecule has 0 saturated carbocycles. The van der Waals surface area contributed by atoms with Gasteiger partial charge in [0.25, 0.3) is 0 Å². The number of carboxylic acids is 1. The van der Waals surface area contributed by atoms with Crippen molar-refractivity contribution in [3.05, 3.63) is 89.2 Å². The average molecular weight is 434 g/mol. The molecular weight excluding hydrogens is 415 g/mol. The highest BCUT2D eigenvalue weighted by molar-refractivity contribution is 5.96. The van der Waals surface area contributed by atoms with Crippen molar-refractivity contribution in [3.63, 3.8) is 0 Å². The van der Waals surface area contributed by atoms with E-state index in [1.165, 1.54) is 0 Å². The fourth-order valence-electron chi connectivity index (χ4n) is 3.75. The van der Waals surface area contributed by atoms with Crippen molar-refractivity contribution in [3.8, 4) is 11.1 Å². The van der Waals surface area contributed by atoms with E-state index in [-0.39, 0.29) is 23.8 Å². The van der Waals surface area contributed by atoms with E-state index in [1.54, 1.807) is 0 Å². The van der Waals surface area contributed by atoms with Gasteiger partial charge in [-0.2, -0.15) is 0 Å². The first-order valence-corrected chi connectivity index (χ1v) is 9.85. The van der Waals surface area contributed by atoms with Crippen LogP contribution in [0.2, 0.25) is 0 Å². The predicted molar refractivity (Wildman–Crippen MR) is 115 cm³/mol. The van der Waals surface area contributed by atoms with Gasteiger partial charge in [-0.1, -0.05) is 48.5 Å². The summed E-state index contributed by atoms with van der Waals surface area (Å²) in [4.78, 5) is 35.2. The van der Waals surface area contributed by atoms with Crippen LogP contribution >= 0.6 is 0 Å². The first-order valence-electron chi connectivity index (χ1n) is 9.85. The number of nitrogens with one attached hydrogen (secondary N) is 2. The smallest absolute Gasteiger partial charge is 0.407 e. The number of carbonyl (C=O) groups excluding carboxylic acids is 2. The van der Waals surface area contributed by atoms with Crippen LogP contribution in [0, 0.1) is 5.82 Å². The Bertz CT molecular complexity index is 1160. The number of alkyl carbamates (subject to hydrolysis) is 1. The zero-order valence-electron chi connectivity index (χ0n) is 16.8. The molecule has 0 atom stereocenters. The molecule has 162 valence electrons. The number of ether oxygens (including phenoxy) is 1. The zero-order chi connectivity index (χ0) is 22.7. The van der Waals surface area contributed by atoms with Crippen LogP contribution < -0.4 is 10.6 Å². The third-order valence-corrected chi connectivity index (χ3v) is 5.22. The summed E-state index contributed by atoms with van der Waals surface area (Å²) in [5.74, 6) is -2.88. The molecule has 3 aromatic rings. The first-order chi connectivity index (χ1) is 15.4. The molecule has 0 bridgehead atoms. The monoisotopic (exact) mass is 434 g/mol. The number of benzene rings is 3. The highest BCUT2D eigenvalue weighted by Gasteiger charge is 2.29. The summed E-state index contributed by atoms with van der Waals surface area (Å²) in [5.41, 5.74) is 3.86. The minimum Gasteiger partial charge on any atom is -0.478 e. The Balaban J connectivity index is 1.33. The molecule has 0 spiro atoms. The molecule has 3 aromatic carbocycles. The van der Waals surface area contributed by atoms with Crippen LogP contribution in [0.15, 0.2) is 66.7 Å². The van der Waals surface area contributed by atoms with Gasteiger partial charge in [-0.15, -0.1) is 0 Å². The van der Waals surface area contributed by atoms with Gasteiger partial charge >= 0.3 is 12.1 Å². The number of aromatic carboxylic acids is 1. The third kappa shape index (κ3) is 4.29. The molecule has 1 aliphatic rings. The number of hydrogen-bond acceptors (Lipinski definition) is 4. The minimum atomic E-state index is -1.25. The summed E-state index contributed by atoms with van der Waals surface area (Å²) in [6.45, 7) is -0.371. The highest BCUT2D eigenvalue weighted by atomic mass is 19.1. The Kier molecular flexibility index (Phi) is 5.85. The molecular formula is C24H19FN2O5. The highest BCUT2D eigenvalue weighted by Crippen LogP contribution is 2.44. The van der Waals surface area contributed by atoms with E-state index in [0.717, 1.165) is 40.5 Å². The van der Waals surface area contributed by atoms with E-state index in [0.29, 0.717) is 0 Å². The van der Waals surface area contributed by atoms with E-state index < -0.39 is 30.3 Å². The number of amides is 2. The zero-order valence-corrected chi connectivity index (χ0v) is 16.8. The Morgan fingerprint density at radius 3 is 2.19 bits per heavy atom. The number of halogens is 1. The lowest BCUT2D eigenvalue weighted by Crippen LogP contribution is -2.34. The molecule has 1 aliphatic carbocycles. The van der Waals surface area contributed by atoms with Crippen molar-refractivity contribution in [2.45, 2.75) is 5.92 Å². The van der Waals surface area contributed by atoms with Gasteiger partial charge in [-0.3, -0.25) is 4.79 Å². The Hall–Kier alpha value is -4.20. The van der Waals surface area contributed by atoms with Crippen LogP contribution in [0.5, 0.6) is 0 Å². The normalized spacial score (nSPS) is 11.9. The van der Waals surface area contributed by atoms with Gasteiger partial charge in [0.15, 0.2) is 0 Å². The van der Waals surface area contributed by atoms with Gasteiger partial charge in [-0.25, -0.2) is 14.0 Å². The number of rotatable bonds is 6. The maximum atomic E-state index is 13.8. The van der Waals surface area contributed by atoms with Gasteiger partial charge in [0, 0.05) is 5.92 Å². The molecule has 32 heavy (non-hydrogen) atoms. The van der Waals surface area contributed by atoms with Crippen molar-refractivity contribution in [2.75, 3.05) is 18.5 Å². The summed E-state index contributed by atoms with van der Waals surface area (Å²) in [5, 5.41) is 13.5. The maximum absolute atomic E-state index is 13.8. The summed E-state index contributed by atoms with van der Waals surface area (Å²) in [6.07, 6.45) is -0.790. The fraction of sp³-hybridized carbons (Fsp3) is 0.125. The molecule has 0 radical (unpaired) electrons. The minimum absolute atomic E-state index is 0.0940. The molecule has 0 fully saturated rings. The molecule has 0 saturated heterocycles. The van der Waals surface area contributed by atoms with Gasteiger partial charge in [0.2, 0.25) is 5.91 Å². The fourth-order valence-corrected chi connectivity index (χ4v) is 3.75. The first kappa shape index (κ1) is 21.0. The Morgan fingerprint density at radius 2 is 1.56 bits per heavy atom. The standard InChI is InChI=1S/C24H19FN2O5/c25-20-10-9-14(23(29)30)11-21(20)27-22(28)12-26-24(31)32-13-19-17-7-3-1-5-15(17)16-6-2-4-8-18(16)19/h1-11,19H,12-13H2,(H,26,31)(H,27,28)(H,29,30). The van der Waals surface area contributed by atoms with Crippen LogP contribution in [0.1, 0.15) is 27.4 Å². The molecule has 0 aromatic heterocycles. The quantitative estimate of drug-likeness (QED) is 0.544. The average Bonchev–Trinajstić information content (AvgIpc) is 3.11. The number of carbonyl (C=O) groups is 3. The van der Waals surface area contributed by atoms with Gasteiger partial charge < -0.3 is 20.5 Å². The van der Waals surface area contributed by atoms with Gasteiger partial charge in [-0.05, 0) is 40.5 Å². The molecule has 7 nitrogen and oxygen atoms in total. The van der Waals surface area contributed by atoms with Crippen molar-refractivity contribution in [1.29, 1.82) is 0 Å². The second-order valence-electron chi connectivity index (χ2n) is 7.23. The van der Waals surface area contributed by atoms with Crippen molar-refractivity contribution in [1.82, 2.24) is 5.32 Å². The van der Waals surface area contributed by atoms with Crippen molar-refractivity contribution in [2.24, 2.45) is 0 Å².